The van der Waals surface area contributed by atoms with Crippen molar-refractivity contribution >= 4 is 21.7 Å². The second-order valence-electron chi connectivity index (χ2n) is 6.03. The molecule has 3 rings (SSSR count). The Kier molecular flexibility index (Phi) is 5.82. The van der Waals surface area contributed by atoms with E-state index >= 15 is 0 Å². The summed E-state index contributed by atoms with van der Waals surface area (Å²) in [5, 5.41) is 5.34. The molecule has 0 saturated carbocycles. The van der Waals surface area contributed by atoms with Gasteiger partial charge in [-0.2, -0.15) is 4.31 Å². The van der Waals surface area contributed by atoms with E-state index in [0.717, 1.165) is 11.8 Å². The highest BCUT2D eigenvalue weighted by molar-refractivity contribution is 7.88. The van der Waals surface area contributed by atoms with Crippen molar-refractivity contribution in [3.8, 4) is 11.5 Å². The van der Waals surface area contributed by atoms with E-state index in [1.807, 2.05) is 18.2 Å². The van der Waals surface area contributed by atoms with Crippen LogP contribution in [-0.2, 0) is 16.6 Å². The number of rotatable bonds is 7. The molecule has 1 aliphatic rings. The van der Waals surface area contributed by atoms with Gasteiger partial charge in [0.05, 0.1) is 6.26 Å². The van der Waals surface area contributed by atoms with Crippen LogP contribution >= 0.6 is 0 Å². The van der Waals surface area contributed by atoms with E-state index in [4.69, 9.17) is 9.47 Å². The molecule has 1 heterocycles. The molecule has 9 heteroatoms. The lowest BCUT2D eigenvalue weighted by atomic mass is 10.2. The Hall–Kier alpha value is -2.78. The summed E-state index contributed by atoms with van der Waals surface area (Å²) in [7, 11) is -3.44. The molecule has 0 atom stereocenters. The number of amides is 2. The lowest BCUT2D eigenvalue weighted by Gasteiger charge is -2.20. The van der Waals surface area contributed by atoms with Gasteiger partial charge in [-0.15, -0.1) is 0 Å². The maximum atomic E-state index is 12.1. The van der Waals surface area contributed by atoms with Gasteiger partial charge in [-0.05, 0) is 29.8 Å². The molecule has 0 aliphatic carbocycles. The van der Waals surface area contributed by atoms with Gasteiger partial charge in [0.1, 0.15) is 0 Å². The molecule has 0 aromatic heterocycles. The van der Waals surface area contributed by atoms with E-state index in [0.29, 0.717) is 17.2 Å². The summed E-state index contributed by atoms with van der Waals surface area (Å²) < 4.78 is 36.0. The fourth-order valence-electron chi connectivity index (χ4n) is 2.60. The zero-order chi connectivity index (χ0) is 19.3. The van der Waals surface area contributed by atoms with Gasteiger partial charge in [-0.1, -0.05) is 24.3 Å². The smallest absolute Gasteiger partial charge is 0.319 e. The van der Waals surface area contributed by atoms with Crippen LogP contribution in [0.5, 0.6) is 11.5 Å². The monoisotopic (exact) mass is 391 g/mol. The highest BCUT2D eigenvalue weighted by Crippen LogP contribution is 2.32. The minimum atomic E-state index is -3.44. The van der Waals surface area contributed by atoms with Crippen LogP contribution in [0, 0.1) is 0 Å². The SMILES string of the molecule is CS(=O)(=O)N(CCNC(=O)Nc1ccccc1)Cc1ccc2c(c1)OCO2. The van der Waals surface area contributed by atoms with Gasteiger partial charge in [0, 0.05) is 25.3 Å². The zero-order valence-electron chi connectivity index (χ0n) is 14.8. The van der Waals surface area contributed by atoms with Gasteiger partial charge in [0.2, 0.25) is 16.8 Å². The number of fused-ring (bicyclic) bond motifs is 1. The van der Waals surface area contributed by atoms with Crippen LogP contribution in [0.4, 0.5) is 10.5 Å². The molecule has 2 aromatic rings. The average Bonchev–Trinajstić information content (AvgIpc) is 3.08. The molecule has 144 valence electrons. The third-order valence-corrected chi connectivity index (χ3v) is 5.19. The van der Waals surface area contributed by atoms with Crippen LogP contribution < -0.4 is 20.1 Å². The number of carbonyl (C=O) groups excluding carboxylic acids is 1. The molecule has 0 bridgehead atoms. The predicted molar refractivity (Wildman–Crippen MR) is 101 cm³/mol. The molecule has 2 aromatic carbocycles. The second kappa shape index (κ2) is 8.28. The van der Waals surface area contributed by atoms with Gasteiger partial charge in [0.15, 0.2) is 11.5 Å². The first-order valence-corrected chi connectivity index (χ1v) is 10.2. The molecule has 2 N–H and O–H groups in total. The number of sulfonamides is 1. The predicted octanol–water partition coefficient (Wildman–Crippen LogP) is 2.00. The molecule has 0 radical (unpaired) electrons. The Morgan fingerprint density at radius 3 is 2.59 bits per heavy atom. The van der Waals surface area contributed by atoms with Crippen molar-refractivity contribution in [1.29, 1.82) is 0 Å². The number of hydrogen-bond acceptors (Lipinski definition) is 5. The number of carbonyl (C=O) groups is 1. The first-order chi connectivity index (χ1) is 12.9. The van der Waals surface area contributed by atoms with Crippen molar-refractivity contribution in [1.82, 2.24) is 9.62 Å². The van der Waals surface area contributed by atoms with Crippen molar-refractivity contribution in [2.24, 2.45) is 0 Å². The summed E-state index contributed by atoms with van der Waals surface area (Å²) in [5.41, 5.74) is 1.44. The Labute approximate surface area is 158 Å². The summed E-state index contributed by atoms with van der Waals surface area (Å²) in [6.45, 7) is 0.665. The number of hydrogen-bond donors (Lipinski definition) is 2. The quantitative estimate of drug-likeness (QED) is 0.752. The normalized spacial score (nSPS) is 12.8. The summed E-state index contributed by atoms with van der Waals surface area (Å²) in [6, 6.07) is 13.9. The van der Waals surface area contributed by atoms with E-state index in [9.17, 15) is 13.2 Å². The number of anilines is 1. The van der Waals surface area contributed by atoms with E-state index in [1.165, 1.54) is 4.31 Å². The van der Waals surface area contributed by atoms with Crippen LogP contribution in [-0.4, -0.2) is 44.9 Å². The Bertz CT molecular complexity index is 902. The Morgan fingerprint density at radius 1 is 1.11 bits per heavy atom. The number of para-hydroxylation sites is 1. The zero-order valence-corrected chi connectivity index (χ0v) is 15.7. The lowest BCUT2D eigenvalue weighted by molar-refractivity contribution is 0.174. The number of nitrogens with one attached hydrogen (secondary N) is 2. The molecular weight excluding hydrogens is 370 g/mol. The minimum absolute atomic E-state index is 0.148. The fourth-order valence-corrected chi connectivity index (χ4v) is 3.40. The second-order valence-corrected chi connectivity index (χ2v) is 8.01. The number of urea groups is 1. The number of benzene rings is 2. The van der Waals surface area contributed by atoms with Crippen molar-refractivity contribution in [2.45, 2.75) is 6.54 Å². The van der Waals surface area contributed by atoms with Crippen LogP contribution in [0.2, 0.25) is 0 Å². The van der Waals surface area contributed by atoms with Gasteiger partial charge < -0.3 is 20.1 Å². The molecule has 27 heavy (non-hydrogen) atoms. The third-order valence-electron chi connectivity index (χ3n) is 3.94. The van der Waals surface area contributed by atoms with Crippen molar-refractivity contribution in [3.63, 3.8) is 0 Å². The first-order valence-electron chi connectivity index (χ1n) is 8.35. The fraction of sp³-hybridized carbons (Fsp3) is 0.278. The van der Waals surface area contributed by atoms with Crippen LogP contribution in [0.15, 0.2) is 48.5 Å². The Balaban J connectivity index is 1.55. The lowest BCUT2D eigenvalue weighted by Crippen LogP contribution is -2.39. The summed E-state index contributed by atoms with van der Waals surface area (Å²) in [5.74, 6) is 1.24. The largest absolute Gasteiger partial charge is 0.454 e. The van der Waals surface area contributed by atoms with Crippen LogP contribution in [0.25, 0.3) is 0 Å². The van der Waals surface area contributed by atoms with Crippen LogP contribution in [0.3, 0.4) is 0 Å². The maximum Gasteiger partial charge on any atom is 0.319 e. The van der Waals surface area contributed by atoms with Gasteiger partial charge in [-0.3, -0.25) is 0 Å². The third kappa shape index (κ3) is 5.35. The summed E-state index contributed by atoms with van der Waals surface area (Å²) in [6.07, 6.45) is 1.14. The van der Waals surface area contributed by atoms with E-state index in [1.54, 1.807) is 30.3 Å². The molecule has 8 nitrogen and oxygen atoms in total. The summed E-state index contributed by atoms with van der Waals surface area (Å²) in [4.78, 5) is 11.9. The highest BCUT2D eigenvalue weighted by atomic mass is 32.2. The first kappa shape index (κ1) is 19.0. The minimum Gasteiger partial charge on any atom is -0.454 e. The Morgan fingerprint density at radius 2 is 1.85 bits per heavy atom. The molecule has 1 aliphatic heterocycles. The van der Waals surface area contributed by atoms with Gasteiger partial charge in [-0.25, -0.2) is 13.2 Å². The van der Waals surface area contributed by atoms with Gasteiger partial charge >= 0.3 is 6.03 Å². The molecule has 0 fully saturated rings. The highest BCUT2D eigenvalue weighted by Gasteiger charge is 2.19. The number of ether oxygens (including phenoxy) is 2. The summed E-state index contributed by atoms with van der Waals surface area (Å²) >= 11 is 0. The van der Waals surface area contributed by atoms with E-state index in [2.05, 4.69) is 10.6 Å². The molecule has 0 saturated heterocycles. The topological polar surface area (TPSA) is 97.0 Å². The van der Waals surface area contributed by atoms with Crippen LogP contribution in [0.1, 0.15) is 5.56 Å². The van der Waals surface area contributed by atoms with E-state index in [-0.39, 0.29) is 26.4 Å². The molecule has 2 amide bonds. The van der Waals surface area contributed by atoms with Crippen molar-refractivity contribution < 1.29 is 22.7 Å². The molecular formula is C18H21N3O5S. The average molecular weight is 391 g/mol. The van der Waals surface area contributed by atoms with E-state index < -0.39 is 16.1 Å². The van der Waals surface area contributed by atoms with Gasteiger partial charge in [0.25, 0.3) is 0 Å². The van der Waals surface area contributed by atoms with Crippen molar-refractivity contribution in [2.75, 3.05) is 31.5 Å². The standard InChI is InChI=1S/C18H21N3O5S/c1-27(23,24)21(12-14-7-8-16-17(11-14)26-13-25-16)10-9-19-18(22)20-15-5-3-2-4-6-15/h2-8,11H,9-10,12-13H2,1H3,(H2,19,20,22). The molecule has 0 unspecified atom stereocenters. The number of nitrogens with zero attached hydrogens (tertiary/aromatic N) is 1. The van der Waals surface area contributed by atoms with Crippen molar-refractivity contribution in [3.05, 3.63) is 54.1 Å². The maximum absolute atomic E-state index is 12.1. The molecule has 0 spiro atoms.